The number of rotatable bonds is 7. The second kappa shape index (κ2) is 9.78. The van der Waals surface area contributed by atoms with E-state index < -0.39 is 17.9 Å². The lowest BCUT2D eigenvalue weighted by Crippen LogP contribution is -2.52. The molecule has 0 radical (unpaired) electrons. The minimum Gasteiger partial charge on any atom is -0.344 e. The molecule has 0 aliphatic rings. The predicted molar refractivity (Wildman–Crippen MR) is 85.1 cm³/mol. The Labute approximate surface area is 133 Å². The number of carbonyl (C=O) groups is 3. The van der Waals surface area contributed by atoms with Crippen LogP contribution in [0.4, 0.5) is 0 Å². The molecule has 22 heavy (non-hydrogen) atoms. The van der Waals surface area contributed by atoms with Crippen LogP contribution in [0, 0.1) is 0 Å². The molecule has 120 valence electrons. The van der Waals surface area contributed by atoms with Gasteiger partial charge in [0.1, 0.15) is 6.04 Å². The number of aromatic nitrogens is 1. The first-order valence-electron chi connectivity index (χ1n) is 6.89. The Morgan fingerprint density at radius 1 is 1.23 bits per heavy atom. The fourth-order valence-electron chi connectivity index (χ4n) is 1.64. The fraction of sp³-hybridized carbons (Fsp3) is 0.429. The van der Waals surface area contributed by atoms with Crippen LogP contribution in [-0.4, -0.2) is 40.3 Å². The Bertz CT molecular complexity index is 510. The monoisotopic (exact) mass is 324 g/mol. The summed E-state index contributed by atoms with van der Waals surface area (Å²) < 4.78 is 0. The number of nitrogens with one attached hydrogen (secondary N) is 3. The molecule has 1 aromatic heterocycles. The van der Waals surface area contributed by atoms with Crippen LogP contribution in [0.3, 0.4) is 0 Å². The second-order valence-electron chi connectivity index (χ2n) is 4.42. The Balaban J connectivity index is 2.51. The normalized spacial score (nSPS) is 11.4. The lowest BCUT2D eigenvalue weighted by atomic mass is 10.2. The summed E-state index contributed by atoms with van der Waals surface area (Å²) in [6.07, 6.45) is 3.46. The Morgan fingerprint density at radius 3 is 2.50 bits per heavy atom. The summed E-state index contributed by atoms with van der Waals surface area (Å²) in [7, 11) is 0. The van der Waals surface area contributed by atoms with Crippen LogP contribution in [-0.2, 0) is 9.59 Å². The molecule has 0 spiro atoms. The summed E-state index contributed by atoms with van der Waals surface area (Å²) in [6.45, 7) is 3.37. The van der Waals surface area contributed by atoms with E-state index in [0.717, 1.165) is 11.5 Å². The van der Waals surface area contributed by atoms with Gasteiger partial charge in [0.25, 0.3) is 11.8 Å². The van der Waals surface area contributed by atoms with E-state index in [1.54, 1.807) is 11.8 Å². The average Bonchev–Trinajstić information content (AvgIpc) is 2.52. The second-order valence-corrected chi connectivity index (χ2v) is 5.81. The van der Waals surface area contributed by atoms with Crippen molar-refractivity contribution in [3.63, 3.8) is 0 Å². The zero-order valence-corrected chi connectivity index (χ0v) is 13.4. The van der Waals surface area contributed by atoms with Gasteiger partial charge in [0, 0.05) is 24.9 Å². The number of amides is 3. The number of thioether (sulfide) groups is 1. The fourth-order valence-corrected chi connectivity index (χ4v) is 2.33. The molecule has 7 nitrogen and oxygen atoms in total. The van der Waals surface area contributed by atoms with Crippen LogP contribution in [0.15, 0.2) is 24.5 Å². The first kappa shape index (κ1) is 18.0. The molecule has 1 rings (SSSR count). The van der Waals surface area contributed by atoms with Crippen LogP contribution in [0.2, 0.25) is 0 Å². The molecular weight excluding hydrogens is 304 g/mol. The average molecular weight is 324 g/mol. The van der Waals surface area contributed by atoms with E-state index >= 15 is 0 Å². The molecule has 0 aliphatic carbocycles. The van der Waals surface area contributed by atoms with Crippen molar-refractivity contribution < 1.29 is 14.4 Å². The topological polar surface area (TPSA) is 100 Å². The van der Waals surface area contributed by atoms with Crippen LogP contribution in [0.1, 0.15) is 30.6 Å². The Kier molecular flexibility index (Phi) is 7.98. The van der Waals surface area contributed by atoms with E-state index in [9.17, 15) is 14.4 Å². The van der Waals surface area contributed by atoms with E-state index in [4.69, 9.17) is 0 Å². The maximum atomic E-state index is 12.0. The minimum absolute atomic E-state index is 0.290. The van der Waals surface area contributed by atoms with E-state index in [0.29, 0.717) is 12.0 Å². The lowest BCUT2D eigenvalue weighted by Gasteiger charge is -2.17. The highest BCUT2D eigenvalue weighted by Gasteiger charge is 2.19. The van der Waals surface area contributed by atoms with E-state index in [2.05, 4.69) is 21.2 Å². The van der Waals surface area contributed by atoms with Gasteiger partial charge < -0.3 is 5.32 Å². The smallest absolute Gasteiger partial charge is 0.269 e. The zero-order valence-electron chi connectivity index (χ0n) is 12.6. The Hall–Kier alpha value is -2.09. The van der Waals surface area contributed by atoms with Crippen molar-refractivity contribution in [1.82, 2.24) is 21.2 Å². The highest BCUT2D eigenvalue weighted by atomic mass is 32.2. The quantitative estimate of drug-likeness (QED) is 0.501. The maximum absolute atomic E-state index is 12.0. The molecule has 1 aromatic rings. The van der Waals surface area contributed by atoms with Crippen LogP contribution in [0.25, 0.3) is 0 Å². The molecule has 1 unspecified atom stereocenters. The van der Waals surface area contributed by atoms with Gasteiger partial charge in [-0.3, -0.25) is 30.2 Å². The summed E-state index contributed by atoms with van der Waals surface area (Å²) in [5.41, 5.74) is 5.03. The van der Waals surface area contributed by atoms with Crippen LogP contribution in [0.5, 0.6) is 0 Å². The zero-order chi connectivity index (χ0) is 16.4. The largest absolute Gasteiger partial charge is 0.344 e. The molecule has 0 aliphatic heterocycles. The standard InChI is InChI=1S/C14H20N4O3S/c1-3-22-9-6-12(16-10(2)19)14(21)18-17-13(20)11-4-7-15-8-5-11/h4-5,7-8,12H,3,6,9H2,1-2H3,(H,16,19)(H,17,20)(H,18,21). The van der Waals surface area contributed by atoms with Crippen molar-refractivity contribution in [3.05, 3.63) is 30.1 Å². The third kappa shape index (κ3) is 6.57. The molecule has 3 N–H and O–H groups in total. The van der Waals surface area contributed by atoms with Crippen molar-refractivity contribution in [2.45, 2.75) is 26.3 Å². The molecule has 0 saturated carbocycles. The van der Waals surface area contributed by atoms with Gasteiger partial charge in [0.15, 0.2) is 0 Å². The molecule has 0 fully saturated rings. The first-order chi connectivity index (χ1) is 10.5. The molecule has 0 aromatic carbocycles. The molecule has 0 saturated heterocycles. The predicted octanol–water partition coefficient (Wildman–Crippen LogP) is 0.491. The number of pyridine rings is 1. The number of hydrogen-bond donors (Lipinski definition) is 3. The van der Waals surface area contributed by atoms with Gasteiger partial charge in [-0.15, -0.1) is 0 Å². The molecule has 8 heteroatoms. The summed E-state index contributed by atoms with van der Waals surface area (Å²) in [5, 5.41) is 2.58. The molecule has 1 heterocycles. The van der Waals surface area contributed by atoms with E-state index in [1.165, 1.54) is 31.5 Å². The minimum atomic E-state index is -0.672. The molecule has 0 bridgehead atoms. The van der Waals surface area contributed by atoms with Crippen molar-refractivity contribution in [2.75, 3.05) is 11.5 Å². The summed E-state index contributed by atoms with van der Waals surface area (Å²) in [4.78, 5) is 38.8. The third-order valence-electron chi connectivity index (χ3n) is 2.69. The van der Waals surface area contributed by atoms with Crippen molar-refractivity contribution in [1.29, 1.82) is 0 Å². The molecule has 3 amide bonds. The van der Waals surface area contributed by atoms with Gasteiger partial charge in [0.05, 0.1) is 0 Å². The highest BCUT2D eigenvalue weighted by Crippen LogP contribution is 2.04. The number of nitrogens with zero attached hydrogens (tertiary/aromatic N) is 1. The third-order valence-corrected chi connectivity index (χ3v) is 3.62. The maximum Gasteiger partial charge on any atom is 0.269 e. The number of hydrogen-bond acceptors (Lipinski definition) is 5. The summed E-state index contributed by atoms with van der Waals surface area (Å²) in [5.74, 6) is 0.497. The number of carbonyl (C=O) groups excluding carboxylic acids is 3. The summed E-state index contributed by atoms with van der Waals surface area (Å²) in [6, 6.07) is 2.39. The van der Waals surface area contributed by atoms with E-state index in [-0.39, 0.29) is 5.91 Å². The van der Waals surface area contributed by atoms with Gasteiger partial charge in [0.2, 0.25) is 5.91 Å². The highest BCUT2D eigenvalue weighted by molar-refractivity contribution is 7.99. The van der Waals surface area contributed by atoms with Gasteiger partial charge >= 0.3 is 0 Å². The SMILES string of the molecule is CCSCCC(NC(C)=O)C(=O)NNC(=O)c1ccncc1. The van der Waals surface area contributed by atoms with Gasteiger partial charge in [-0.1, -0.05) is 6.92 Å². The van der Waals surface area contributed by atoms with Gasteiger partial charge in [-0.2, -0.15) is 11.8 Å². The van der Waals surface area contributed by atoms with Crippen molar-refractivity contribution in [2.24, 2.45) is 0 Å². The van der Waals surface area contributed by atoms with E-state index in [1.807, 2.05) is 6.92 Å². The van der Waals surface area contributed by atoms with Gasteiger partial charge in [-0.25, -0.2) is 0 Å². The molecular formula is C14H20N4O3S. The summed E-state index contributed by atoms with van der Waals surface area (Å²) >= 11 is 1.68. The van der Waals surface area contributed by atoms with Crippen molar-refractivity contribution >= 4 is 29.5 Å². The Morgan fingerprint density at radius 2 is 1.91 bits per heavy atom. The van der Waals surface area contributed by atoms with Crippen molar-refractivity contribution in [3.8, 4) is 0 Å². The lowest BCUT2D eigenvalue weighted by molar-refractivity contribution is -0.128. The van der Waals surface area contributed by atoms with Crippen LogP contribution >= 0.6 is 11.8 Å². The first-order valence-corrected chi connectivity index (χ1v) is 8.05. The van der Waals surface area contributed by atoms with Gasteiger partial charge in [-0.05, 0) is 30.1 Å². The molecule has 1 atom stereocenters. The number of hydrazine groups is 1. The van der Waals surface area contributed by atoms with Crippen LogP contribution < -0.4 is 16.2 Å².